The molecule has 5 nitrogen and oxygen atoms in total. The lowest BCUT2D eigenvalue weighted by molar-refractivity contribution is 0.0391. The zero-order valence-electron chi connectivity index (χ0n) is 14.5. The molecule has 2 N–H and O–H groups in total. The second-order valence-corrected chi connectivity index (χ2v) is 6.34. The van der Waals surface area contributed by atoms with E-state index >= 15 is 0 Å². The monoisotopic (exact) mass is 317 g/mol. The first kappa shape index (κ1) is 17.5. The quantitative estimate of drug-likeness (QED) is 0.784. The summed E-state index contributed by atoms with van der Waals surface area (Å²) in [6, 6.07) is 7.78. The smallest absolute Gasteiger partial charge is 0.121 e. The molecule has 1 heterocycles. The average Bonchev–Trinajstić information content (AvgIpc) is 2.52. The Morgan fingerprint density at radius 3 is 2.87 bits per heavy atom. The van der Waals surface area contributed by atoms with Crippen molar-refractivity contribution in [2.24, 2.45) is 0 Å². The highest BCUT2D eigenvalue weighted by atomic mass is 16.5. The maximum Gasteiger partial charge on any atom is 0.121 e. The van der Waals surface area contributed by atoms with Crippen molar-refractivity contribution in [1.82, 2.24) is 9.88 Å². The van der Waals surface area contributed by atoms with E-state index in [1.807, 2.05) is 38.2 Å². The van der Waals surface area contributed by atoms with Gasteiger partial charge in [-0.05, 0) is 39.1 Å². The fraction of sp³-hybridized carbons (Fsp3) is 0.500. The molecule has 5 heteroatoms. The summed E-state index contributed by atoms with van der Waals surface area (Å²) in [7, 11) is 3.68. The second-order valence-electron chi connectivity index (χ2n) is 6.34. The first-order valence-electron chi connectivity index (χ1n) is 8.03. The van der Waals surface area contributed by atoms with Gasteiger partial charge in [0.25, 0.3) is 0 Å². The Bertz CT molecular complexity index is 643. The molecular formula is C18H27N3O2. The van der Waals surface area contributed by atoms with Crippen molar-refractivity contribution >= 4 is 16.6 Å². The van der Waals surface area contributed by atoms with Crippen LogP contribution in [0.2, 0.25) is 0 Å². The topological polar surface area (TPSA) is 57.6 Å². The number of likely N-dealkylation sites (N-methyl/N-ethyl adjacent to an activating group) is 1. The number of anilines is 1. The number of ether oxygens (including phenoxy) is 1. The number of hydrogen-bond donors (Lipinski definition) is 2. The molecule has 1 atom stereocenters. The van der Waals surface area contributed by atoms with Crippen molar-refractivity contribution in [2.45, 2.75) is 25.9 Å². The van der Waals surface area contributed by atoms with Gasteiger partial charge in [-0.1, -0.05) is 13.0 Å². The van der Waals surface area contributed by atoms with Crippen LogP contribution in [0.5, 0.6) is 5.75 Å². The van der Waals surface area contributed by atoms with Gasteiger partial charge in [0.15, 0.2) is 0 Å². The minimum absolute atomic E-state index is 0.444. The zero-order chi connectivity index (χ0) is 16.9. The Balaban J connectivity index is 2.15. The van der Waals surface area contributed by atoms with Gasteiger partial charge in [-0.2, -0.15) is 0 Å². The number of nitrogens with one attached hydrogen (secondary N) is 1. The van der Waals surface area contributed by atoms with Crippen molar-refractivity contribution in [3.8, 4) is 5.75 Å². The summed E-state index contributed by atoms with van der Waals surface area (Å²) in [4.78, 5) is 6.58. The molecule has 1 aromatic carbocycles. The number of nitrogens with zero attached hydrogens (tertiary/aromatic N) is 2. The number of benzene rings is 1. The third-order valence-corrected chi connectivity index (χ3v) is 3.79. The van der Waals surface area contributed by atoms with Gasteiger partial charge in [0.05, 0.1) is 23.9 Å². The molecule has 0 aliphatic heterocycles. The van der Waals surface area contributed by atoms with Gasteiger partial charge >= 0.3 is 0 Å². The number of fused-ring (bicyclic) bond motifs is 1. The zero-order valence-corrected chi connectivity index (χ0v) is 14.5. The summed E-state index contributed by atoms with van der Waals surface area (Å²) in [6.45, 7) is 6.02. The summed E-state index contributed by atoms with van der Waals surface area (Å²) in [5, 5.41) is 15.0. The molecule has 0 aliphatic carbocycles. The summed E-state index contributed by atoms with van der Waals surface area (Å²) in [6.07, 6.45) is 2.84. The van der Waals surface area contributed by atoms with Crippen molar-refractivity contribution in [1.29, 1.82) is 0 Å². The van der Waals surface area contributed by atoms with E-state index in [-0.39, 0.29) is 0 Å². The van der Waals surface area contributed by atoms with Crippen LogP contribution in [0, 0.1) is 0 Å². The third-order valence-electron chi connectivity index (χ3n) is 3.79. The van der Waals surface area contributed by atoms with Crippen LogP contribution in [0.25, 0.3) is 10.9 Å². The van der Waals surface area contributed by atoms with Gasteiger partial charge in [-0.3, -0.25) is 4.98 Å². The van der Waals surface area contributed by atoms with E-state index in [2.05, 4.69) is 22.1 Å². The number of aliphatic hydroxyl groups is 1. The Morgan fingerprint density at radius 1 is 1.39 bits per heavy atom. The fourth-order valence-electron chi connectivity index (χ4n) is 2.80. The highest BCUT2D eigenvalue weighted by Gasteiger charge is 2.22. The molecule has 0 unspecified atom stereocenters. The lowest BCUT2D eigenvalue weighted by Gasteiger charge is -2.29. The number of methoxy groups -OCH3 is 1. The van der Waals surface area contributed by atoms with Crippen LogP contribution in [-0.4, -0.2) is 54.4 Å². The molecule has 2 rings (SSSR count). The Morgan fingerprint density at radius 2 is 2.17 bits per heavy atom. The van der Waals surface area contributed by atoms with Crippen LogP contribution in [0.3, 0.4) is 0 Å². The van der Waals surface area contributed by atoms with Gasteiger partial charge in [0, 0.05) is 30.7 Å². The maximum absolute atomic E-state index is 10.6. The van der Waals surface area contributed by atoms with E-state index in [1.165, 1.54) is 0 Å². The molecule has 1 aromatic heterocycles. The van der Waals surface area contributed by atoms with E-state index < -0.39 is 5.60 Å². The summed E-state index contributed by atoms with van der Waals surface area (Å²) < 4.78 is 5.35. The minimum atomic E-state index is -0.825. The summed E-state index contributed by atoms with van der Waals surface area (Å²) >= 11 is 0. The molecule has 0 saturated heterocycles. The Hall–Kier alpha value is -1.85. The number of aromatic nitrogens is 1. The highest BCUT2D eigenvalue weighted by Crippen LogP contribution is 2.28. The fourth-order valence-corrected chi connectivity index (χ4v) is 2.80. The minimum Gasteiger partial charge on any atom is -0.497 e. The van der Waals surface area contributed by atoms with E-state index in [1.54, 1.807) is 13.3 Å². The van der Waals surface area contributed by atoms with Crippen molar-refractivity contribution in [2.75, 3.05) is 39.1 Å². The van der Waals surface area contributed by atoms with Crippen LogP contribution in [0.15, 0.2) is 30.5 Å². The molecule has 0 aliphatic rings. The SMILES string of the molecule is CCCN(C)C[C@@](C)(O)CNc1cc(OC)cc2cccnc12. The van der Waals surface area contributed by atoms with Crippen LogP contribution in [0.4, 0.5) is 5.69 Å². The first-order valence-corrected chi connectivity index (χ1v) is 8.03. The van der Waals surface area contributed by atoms with Gasteiger partial charge in [-0.25, -0.2) is 0 Å². The third kappa shape index (κ3) is 4.81. The van der Waals surface area contributed by atoms with E-state index in [0.29, 0.717) is 13.1 Å². The summed E-state index contributed by atoms with van der Waals surface area (Å²) in [5.74, 6) is 0.774. The standard InChI is InChI=1S/C18H27N3O2/c1-5-9-21(3)13-18(2,22)12-20-16-11-15(23-4)10-14-7-6-8-19-17(14)16/h6-8,10-11,20,22H,5,9,12-13H2,1-4H3/t18-/m0/s1. The predicted octanol–water partition coefficient (Wildman–Crippen LogP) is 2.75. The molecule has 2 aromatic rings. The molecule has 0 fully saturated rings. The van der Waals surface area contributed by atoms with Gasteiger partial charge < -0.3 is 20.1 Å². The number of rotatable bonds is 8. The lowest BCUT2D eigenvalue weighted by atomic mass is 10.1. The molecule has 0 bridgehead atoms. The molecule has 0 saturated carbocycles. The van der Waals surface area contributed by atoms with Crippen molar-refractivity contribution in [3.05, 3.63) is 30.5 Å². The van der Waals surface area contributed by atoms with Crippen LogP contribution in [0.1, 0.15) is 20.3 Å². The van der Waals surface area contributed by atoms with Gasteiger partial charge in [-0.15, -0.1) is 0 Å². The average molecular weight is 317 g/mol. The predicted molar refractivity (Wildman–Crippen MR) is 95.2 cm³/mol. The molecule has 0 spiro atoms. The summed E-state index contributed by atoms with van der Waals surface area (Å²) in [5.41, 5.74) is 0.929. The Kier molecular flexibility index (Phi) is 5.80. The highest BCUT2D eigenvalue weighted by molar-refractivity contribution is 5.91. The van der Waals surface area contributed by atoms with Crippen molar-refractivity contribution < 1.29 is 9.84 Å². The van der Waals surface area contributed by atoms with Crippen LogP contribution < -0.4 is 10.1 Å². The van der Waals surface area contributed by atoms with Gasteiger partial charge in [0.2, 0.25) is 0 Å². The van der Waals surface area contributed by atoms with Crippen LogP contribution >= 0.6 is 0 Å². The first-order chi connectivity index (χ1) is 10.9. The number of hydrogen-bond acceptors (Lipinski definition) is 5. The van der Waals surface area contributed by atoms with Crippen LogP contribution in [-0.2, 0) is 0 Å². The molecular weight excluding hydrogens is 290 g/mol. The maximum atomic E-state index is 10.6. The van der Waals surface area contributed by atoms with Crippen molar-refractivity contribution in [3.63, 3.8) is 0 Å². The Labute approximate surface area is 138 Å². The largest absolute Gasteiger partial charge is 0.497 e. The molecule has 23 heavy (non-hydrogen) atoms. The number of pyridine rings is 1. The molecule has 0 amide bonds. The molecule has 0 radical (unpaired) electrons. The normalized spacial score (nSPS) is 14.0. The lowest BCUT2D eigenvalue weighted by Crippen LogP contribution is -2.44. The second kappa shape index (κ2) is 7.62. The molecule has 126 valence electrons. The van der Waals surface area contributed by atoms with Gasteiger partial charge in [0.1, 0.15) is 5.75 Å². The van der Waals surface area contributed by atoms with E-state index in [0.717, 1.165) is 35.3 Å². The van der Waals surface area contributed by atoms with E-state index in [9.17, 15) is 5.11 Å². The van der Waals surface area contributed by atoms with E-state index in [4.69, 9.17) is 4.74 Å².